The lowest BCUT2D eigenvalue weighted by molar-refractivity contribution is -0.384. The quantitative estimate of drug-likeness (QED) is 0.672. The number of carbonyl (C=O) groups is 1. The van der Waals surface area contributed by atoms with Gasteiger partial charge in [0.2, 0.25) is 0 Å². The van der Waals surface area contributed by atoms with Crippen LogP contribution in [0.15, 0.2) is 29.6 Å². The van der Waals surface area contributed by atoms with E-state index in [4.69, 9.17) is 14.6 Å². The third-order valence-corrected chi connectivity index (χ3v) is 3.27. The second-order valence-corrected chi connectivity index (χ2v) is 4.56. The van der Waals surface area contributed by atoms with Crippen molar-refractivity contribution >= 4 is 23.0 Å². The van der Waals surface area contributed by atoms with Crippen molar-refractivity contribution in [1.29, 1.82) is 0 Å². The number of aromatic carboxylic acids is 1. The van der Waals surface area contributed by atoms with Crippen LogP contribution in [0.4, 0.5) is 5.69 Å². The minimum absolute atomic E-state index is 0.115. The summed E-state index contributed by atoms with van der Waals surface area (Å²) in [5.41, 5.74) is -0.144. The zero-order valence-corrected chi connectivity index (χ0v) is 11.0. The van der Waals surface area contributed by atoms with E-state index in [0.29, 0.717) is 5.75 Å². The number of rotatable bonds is 5. The highest BCUT2D eigenvalue weighted by Crippen LogP contribution is 2.36. The third-order valence-electron chi connectivity index (χ3n) is 2.37. The maximum Gasteiger partial charge on any atom is 0.346 e. The fourth-order valence-electron chi connectivity index (χ4n) is 1.47. The Morgan fingerprint density at radius 2 is 2.10 bits per heavy atom. The second-order valence-electron chi connectivity index (χ2n) is 3.65. The van der Waals surface area contributed by atoms with Crippen LogP contribution in [0.3, 0.4) is 0 Å². The molecule has 0 atom stereocenters. The summed E-state index contributed by atoms with van der Waals surface area (Å²) >= 11 is 1.00. The van der Waals surface area contributed by atoms with Gasteiger partial charge in [-0.05, 0) is 6.07 Å². The predicted molar refractivity (Wildman–Crippen MR) is 71.0 cm³/mol. The van der Waals surface area contributed by atoms with E-state index >= 15 is 0 Å². The maximum absolute atomic E-state index is 10.8. The van der Waals surface area contributed by atoms with Crippen LogP contribution in [0, 0.1) is 10.1 Å². The number of ether oxygens (including phenoxy) is 2. The van der Waals surface area contributed by atoms with Crippen molar-refractivity contribution < 1.29 is 24.3 Å². The van der Waals surface area contributed by atoms with Crippen molar-refractivity contribution in [2.24, 2.45) is 0 Å². The van der Waals surface area contributed by atoms with Crippen molar-refractivity contribution in [1.82, 2.24) is 0 Å². The van der Waals surface area contributed by atoms with Gasteiger partial charge in [0.1, 0.15) is 10.6 Å². The largest absolute Gasteiger partial charge is 0.493 e. The van der Waals surface area contributed by atoms with Gasteiger partial charge in [0.15, 0.2) is 11.5 Å². The van der Waals surface area contributed by atoms with Gasteiger partial charge in [0, 0.05) is 17.5 Å². The minimum atomic E-state index is -1.06. The van der Waals surface area contributed by atoms with Crippen LogP contribution in [0.25, 0.3) is 0 Å². The van der Waals surface area contributed by atoms with Crippen LogP contribution < -0.4 is 9.47 Å². The van der Waals surface area contributed by atoms with E-state index in [0.717, 1.165) is 11.3 Å². The van der Waals surface area contributed by atoms with Gasteiger partial charge in [-0.25, -0.2) is 4.79 Å². The summed E-state index contributed by atoms with van der Waals surface area (Å²) in [4.78, 5) is 21.1. The van der Waals surface area contributed by atoms with Gasteiger partial charge >= 0.3 is 5.97 Å². The van der Waals surface area contributed by atoms with Crippen LogP contribution in [0.5, 0.6) is 17.2 Å². The highest BCUT2D eigenvalue weighted by molar-refractivity contribution is 7.12. The van der Waals surface area contributed by atoms with Crippen molar-refractivity contribution in [2.75, 3.05) is 7.11 Å². The van der Waals surface area contributed by atoms with Crippen LogP contribution in [0.1, 0.15) is 9.67 Å². The molecular formula is C12H9NO6S. The molecule has 2 rings (SSSR count). The molecule has 0 radical (unpaired) electrons. The van der Waals surface area contributed by atoms with Gasteiger partial charge in [0.25, 0.3) is 5.69 Å². The molecule has 0 amide bonds. The Morgan fingerprint density at radius 3 is 2.65 bits per heavy atom. The van der Waals surface area contributed by atoms with Gasteiger partial charge in [-0.2, -0.15) is 0 Å². The zero-order valence-electron chi connectivity index (χ0n) is 10.2. The molecule has 1 aromatic carbocycles. The molecule has 0 fully saturated rings. The van der Waals surface area contributed by atoms with E-state index in [1.54, 1.807) is 0 Å². The number of benzene rings is 1. The molecule has 1 N–H and O–H groups in total. The van der Waals surface area contributed by atoms with E-state index in [1.807, 2.05) is 0 Å². The molecule has 2 aromatic rings. The highest BCUT2D eigenvalue weighted by atomic mass is 32.1. The Morgan fingerprint density at radius 1 is 1.35 bits per heavy atom. The lowest BCUT2D eigenvalue weighted by Gasteiger charge is -2.08. The first-order valence-corrected chi connectivity index (χ1v) is 6.21. The number of thiophene rings is 1. The molecule has 0 saturated carbocycles. The molecule has 0 unspecified atom stereocenters. The van der Waals surface area contributed by atoms with E-state index in [-0.39, 0.29) is 22.1 Å². The molecule has 0 saturated heterocycles. The SMILES string of the molecule is COc1ccc([N+](=O)[O-])cc1Oc1csc(C(=O)O)c1. The predicted octanol–water partition coefficient (Wildman–Crippen LogP) is 3.16. The van der Waals surface area contributed by atoms with Gasteiger partial charge in [-0.1, -0.05) is 0 Å². The van der Waals surface area contributed by atoms with Gasteiger partial charge in [-0.3, -0.25) is 10.1 Å². The fourth-order valence-corrected chi connectivity index (χ4v) is 2.11. The summed E-state index contributed by atoms with van der Waals surface area (Å²) in [6.07, 6.45) is 0. The number of nitro benzene ring substituents is 1. The number of nitro groups is 1. The van der Waals surface area contributed by atoms with Crippen molar-refractivity contribution in [2.45, 2.75) is 0 Å². The van der Waals surface area contributed by atoms with Crippen LogP contribution in [-0.4, -0.2) is 23.1 Å². The third kappa shape index (κ3) is 2.86. The number of carboxylic acid groups (broad SMARTS) is 1. The number of methoxy groups -OCH3 is 1. The molecule has 0 aliphatic heterocycles. The van der Waals surface area contributed by atoms with E-state index in [2.05, 4.69) is 0 Å². The summed E-state index contributed by atoms with van der Waals surface area (Å²) in [7, 11) is 1.41. The molecule has 7 nitrogen and oxygen atoms in total. The average Bonchev–Trinajstić information content (AvgIpc) is 2.87. The summed E-state index contributed by atoms with van der Waals surface area (Å²) in [5, 5.41) is 21.1. The molecule has 104 valence electrons. The summed E-state index contributed by atoms with van der Waals surface area (Å²) in [6.45, 7) is 0. The molecule has 8 heteroatoms. The zero-order chi connectivity index (χ0) is 14.7. The average molecular weight is 295 g/mol. The molecule has 1 heterocycles. The summed E-state index contributed by atoms with van der Waals surface area (Å²) in [5.74, 6) is -0.308. The Labute approximate surface area is 117 Å². The Bertz CT molecular complexity index is 666. The number of nitrogens with zero attached hydrogens (tertiary/aromatic N) is 1. The van der Waals surface area contributed by atoms with Crippen molar-refractivity contribution in [3.63, 3.8) is 0 Å². The number of hydrogen-bond donors (Lipinski definition) is 1. The first-order valence-electron chi connectivity index (χ1n) is 5.33. The number of carboxylic acids is 1. The standard InChI is InChI=1S/C12H9NO6S/c1-18-9-3-2-7(13(16)17)4-10(9)19-8-5-11(12(14)15)20-6-8/h2-6H,1H3,(H,14,15). The Balaban J connectivity index is 2.32. The summed E-state index contributed by atoms with van der Waals surface area (Å²) < 4.78 is 10.5. The summed E-state index contributed by atoms with van der Waals surface area (Å²) in [6, 6.07) is 5.27. The Kier molecular flexibility index (Phi) is 3.85. The molecular weight excluding hydrogens is 286 g/mol. The molecule has 0 spiro atoms. The molecule has 0 aliphatic carbocycles. The smallest absolute Gasteiger partial charge is 0.346 e. The van der Waals surface area contributed by atoms with Crippen LogP contribution in [-0.2, 0) is 0 Å². The molecule has 20 heavy (non-hydrogen) atoms. The minimum Gasteiger partial charge on any atom is -0.493 e. The topological polar surface area (TPSA) is 98.9 Å². The molecule has 0 aliphatic rings. The normalized spacial score (nSPS) is 10.1. The molecule has 1 aromatic heterocycles. The van der Waals surface area contributed by atoms with E-state index < -0.39 is 10.9 Å². The lowest BCUT2D eigenvalue weighted by Crippen LogP contribution is -1.93. The fraction of sp³-hybridized carbons (Fsp3) is 0.0833. The number of hydrogen-bond acceptors (Lipinski definition) is 6. The van der Waals surface area contributed by atoms with Crippen molar-refractivity contribution in [3.05, 3.63) is 44.6 Å². The second kappa shape index (κ2) is 5.57. The van der Waals surface area contributed by atoms with Gasteiger partial charge in [0.05, 0.1) is 18.1 Å². The first-order chi connectivity index (χ1) is 9.51. The van der Waals surface area contributed by atoms with Crippen molar-refractivity contribution in [3.8, 4) is 17.2 Å². The highest BCUT2D eigenvalue weighted by Gasteiger charge is 2.15. The monoisotopic (exact) mass is 295 g/mol. The maximum atomic E-state index is 10.8. The first kappa shape index (κ1) is 13.8. The van der Waals surface area contributed by atoms with Crippen LogP contribution >= 0.6 is 11.3 Å². The van der Waals surface area contributed by atoms with E-state index in [9.17, 15) is 14.9 Å². The Hall–Kier alpha value is -2.61. The van der Waals surface area contributed by atoms with Gasteiger partial charge < -0.3 is 14.6 Å². The van der Waals surface area contributed by atoms with Crippen LogP contribution in [0.2, 0.25) is 0 Å². The molecule has 0 bridgehead atoms. The van der Waals surface area contributed by atoms with E-state index in [1.165, 1.54) is 36.8 Å². The number of non-ortho nitro benzene ring substituents is 1. The van der Waals surface area contributed by atoms with Gasteiger partial charge in [-0.15, -0.1) is 11.3 Å². The lowest BCUT2D eigenvalue weighted by atomic mass is 10.3.